The van der Waals surface area contributed by atoms with Gasteiger partial charge in [0.05, 0.1) is 5.92 Å². The molecular formula is C17H25N3O2. The maximum absolute atomic E-state index is 12.3. The van der Waals surface area contributed by atoms with Gasteiger partial charge < -0.3 is 16.0 Å². The fourth-order valence-electron chi connectivity index (χ4n) is 2.81. The molecule has 0 spiro atoms. The number of hydrogen-bond donors (Lipinski definition) is 2. The first-order valence-electron chi connectivity index (χ1n) is 8.03. The molecule has 120 valence electrons. The highest BCUT2D eigenvalue weighted by Crippen LogP contribution is 2.28. The fourth-order valence-corrected chi connectivity index (χ4v) is 2.81. The van der Waals surface area contributed by atoms with Crippen LogP contribution in [0.4, 0.5) is 5.69 Å². The van der Waals surface area contributed by atoms with Crippen LogP contribution >= 0.6 is 0 Å². The number of anilines is 1. The summed E-state index contributed by atoms with van der Waals surface area (Å²) in [5.41, 5.74) is 7.51. The maximum atomic E-state index is 12.3. The monoisotopic (exact) mass is 303 g/mol. The first kappa shape index (κ1) is 16.5. The van der Waals surface area contributed by atoms with Crippen molar-refractivity contribution in [3.8, 4) is 0 Å². The van der Waals surface area contributed by atoms with Crippen LogP contribution in [0.15, 0.2) is 24.3 Å². The van der Waals surface area contributed by atoms with Crippen LogP contribution in [0.2, 0.25) is 0 Å². The second-order valence-electron chi connectivity index (χ2n) is 5.67. The topological polar surface area (TPSA) is 75.4 Å². The molecule has 1 saturated heterocycles. The second-order valence-corrected chi connectivity index (χ2v) is 5.67. The highest BCUT2D eigenvalue weighted by atomic mass is 16.2. The molecule has 0 radical (unpaired) electrons. The lowest BCUT2D eigenvalue weighted by molar-refractivity contribution is -0.126. The Hall–Kier alpha value is -1.88. The lowest BCUT2D eigenvalue weighted by atomic mass is 10.1. The summed E-state index contributed by atoms with van der Waals surface area (Å²) in [5, 5.41) is 2.91. The third kappa shape index (κ3) is 3.85. The summed E-state index contributed by atoms with van der Waals surface area (Å²) in [6, 6.07) is 7.90. The number of hydrogen-bond acceptors (Lipinski definition) is 3. The molecule has 1 heterocycles. The molecule has 2 amide bonds. The zero-order chi connectivity index (χ0) is 15.9. The number of benzene rings is 1. The highest BCUT2D eigenvalue weighted by molar-refractivity contribution is 6.00. The van der Waals surface area contributed by atoms with Gasteiger partial charge in [-0.25, -0.2) is 0 Å². The predicted molar refractivity (Wildman–Crippen MR) is 87.6 cm³/mol. The molecule has 1 fully saturated rings. The van der Waals surface area contributed by atoms with Crippen LogP contribution in [0.1, 0.15) is 31.7 Å². The summed E-state index contributed by atoms with van der Waals surface area (Å²) in [6.45, 7) is 3.81. The van der Waals surface area contributed by atoms with Crippen molar-refractivity contribution in [2.24, 2.45) is 11.7 Å². The number of unbranched alkanes of at least 4 members (excludes halogenated alkanes) is 1. The predicted octanol–water partition coefficient (Wildman–Crippen LogP) is 1.46. The molecule has 0 saturated carbocycles. The van der Waals surface area contributed by atoms with Gasteiger partial charge in [0.1, 0.15) is 0 Å². The lowest BCUT2D eigenvalue weighted by Gasteiger charge is -2.20. The summed E-state index contributed by atoms with van der Waals surface area (Å²) < 4.78 is 0. The Morgan fingerprint density at radius 3 is 2.86 bits per heavy atom. The number of carbonyl (C=O) groups excluding carboxylic acids is 2. The zero-order valence-corrected chi connectivity index (χ0v) is 13.2. The van der Waals surface area contributed by atoms with Gasteiger partial charge in [0.15, 0.2) is 0 Å². The number of nitrogens with two attached hydrogens (primary N) is 1. The van der Waals surface area contributed by atoms with Gasteiger partial charge in [0.2, 0.25) is 11.8 Å². The van der Waals surface area contributed by atoms with Crippen molar-refractivity contribution in [2.75, 3.05) is 24.5 Å². The molecule has 1 aliphatic heterocycles. The van der Waals surface area contributed by atoms with Crippen LogP contribution in [-0.2, 0) is 16.0 Å². The number of nitrogens with zero attached hydrogens (tertiary/aromatic N) is 1. The molecule has 1 unspecified atom stereocenters. The summed E-state index contributed by atoms with van der Waals surface area (Å²) in [6.07, 6.45) is 2.95. The largest absolute Gasteiger partial charge is 0.356 e. The van der Waals surface area contributed by atoms with Crippen molar-refractivity contribution in [3.05, 3.63) is 29.8 Å². The number of rotatable bonds is 7. The molecule has 0 bridgehead atoms. The molecular weight excluding hydrogens is 278 g/mol. The average Bonchev–Trinajstić information content (AvgIpc) is 2.93. The molecule has 3 N–H and O–H groups in total. The van der Waals surface area contributed by atoms with E-state index in [0.717, 1.165) is 30.5 Å². The van der Waals surface area contributed by atoms with Crippen LogP contribution in [0, 0.1) is 5.92 Å². The van der Waals surface area contributed by atoms with Crippen molar-refractivity contribution in [2.45, 2.75) is 32.6 Å². The van der Waals surface area contributed by atoms with E-state index in [-0.39, 0.29) is 17.7 Å². The minimum Gasteiger partial charge on any atom is -0.356 e. The molecule has 22 heavy (non-hydrogen) atoms. The van der Waals surface area contributed by atoms with Gasteiger partial charge in [-0.1, -0.05) is 25.1 Å². The van der Waals surface area contributed by atoms with Gasteiger partial charge >= 0.3 is 0 Å². The van der Waals surface area contributed by atoms with E-state index in [4.69, 9.17) is 5.73 Å². The standard InChI is InChI=1S/C17H25N3O2/c1-2-13-7-3-4-8-15(13)20-12-14(11-16(20)21)17(22)19-10-6-5-9-18/h3-4,7-8,14H,2,5-6,9-12,18H2,1H3,(H,19,22). The summed E-state index contributed by atoms with van der Waals surface area (Å²) in [7, 11) is 0. The van der Waals surface area contributed by atoms with Crippen LogP contribution in [0.25, 0.3) is 0 Å². The number of carbonyl (C=O) groups is 2. The van der Waals surface area contributed by atoms with E-state index in [1.807, 2.05) is 24.3 Å². The van der Waals surface area contributed by atoms with Gasteiger partial charge in [-0.05, 0) is 37.4 Å². The van der Waals surface area contributed by atoms with E-state index in [2.05, 4.69) is 12.2 Å². The smallest absolute Gasteiger partial charge is 0.227 e. The Kier molecular flexibility index (Phi) is 5.95. The van der Waals surface area contributed by atoms with Gasteiger partial charge in [-0.15, -0.1) is 0 Å². The molecule has 5 nitrogen and oxygen atoms in total. The Labute approximate surface area is 131 Å². The van der Waals surface area contributed by atoms with Crippen molar-refractivity contribution in [1.29, 1.82) is 0 Å². The van der Waals surface area contributed by atoms with Gasteiger partial charge in [-0.3, -0.25) is 9.59 Å². The Morgan fingerprint density at radius 2 is 2.14 bits per heavy atom. The summed E-state index contributed by atoms with van der Waals surface area (Å²) in [4.78, 5) is 26.2. The zero-order valence-electron chi connectivity index (χ0n) is 13.2. The molecule has 0 aliphatic carbocycles. The Bertz CT molecular complexity index is 530. The SMILES string of the molecule is CCc1ccccc1N1CC(C(=O)NCCCCN)CC1=O. The molecule has 2 rings (SSSR count). The molecule has 1 aromatic rings. The third-order valence-electron chi connectivity index (χ3n) is 4.09. The molecule has 5 heteroatoms. The number of nitrogens with one attached hydrogen (secondary N) is 1. The van der Waals surface area contributed by atoms with Crippen molar-refractivity contribution >= 4 is 17.5 Å². The van der Waals surface area contributed by atoms with Crippen LogP contribution in [0.3, 0.4) is 0 Å². The van der Waals surface area contributed by atoms with E-state index in [0.29, 0.717) is 26.1 Å². The third-order valence-corrected chi connectivity index (χ3v) is 4.09. The highest BCUT2D eigenvalue weighted by Gasteiger charge is 2.35. The van der Waals surface area contributed by atoms with Gasteiger partial charge in [0, 0.05) is 25.2 Å². The molecule has 1 aliphatic rings. The normalized spacial score (nSPS) is 17.8. The molecule has 0 aromatic heterocycles. The van der Waals surface area contributed by atoms with Gasteiger partial charge in [0.25, 0.3) is 0 Å². The average molecular weight is 303 g/mol. The number of amides is 2. The van der Waals surface area contributed by atoms with E-state index in [1.54, 1.807) is 4.90 Å². The fraction of sp³-hybridized carbons (Fsp3) is 0.529. The molecule has 1 atom stereocenters. The minimum absolute atomic E-state index is 0.0261. The number of para-hydroxylation sites is 1. The first-order chi connectivity index (χ1) is 10.7. The van der Waals surface area contributed by atoms with Crippen molar-refractivity contribution in [1.82, 2.24) is 5.32 Å². The summed E-state index contributed by atoms with van der Waals surface area (Å²) in [5.74, 6) is -0.250. The number of aryl methyl sites for hydroxylation is 1. The molecule has 1 aromatic carbocycles. The Balaban J connectivity index is 1.97. The van der Waals surface area contributed by atoms with Crippen molar-refractivity contribution in [3.63, 3.8) is 0 Å². The van der Waals surface area contributed by atoms with E-state index >= 15 is 0 Å². The van der Waals surface area contributed by atoms with Crippen LogP contribution < -0.4 is 16.0 Å². The van der Waals surface area contributed by atoms with E-state index in [9.17, 15) is 9.59 Å². The van der Waals surface area contributed by atoms with Gasteiger partial charge in [-0.2, -0.15) is 0 Å². The van der Waals surface area contributed by atoms with Crippen molar-refractivity contribution < 1.29 is 9.59 Å². The van der Waals surface area contributed by atoms with Crippen LogP contribution in [-0.4, -0.2) is 31.4 Å². The second kappa shape index (κ2) is 7.94. The lowest BCUT2D eigenvalue weighted by Crippen LogP contribution is -2.33. The van der Waals surface area contributed by atoms with Crippen LogP contribution in [0.5, 0.6) is 0 Å². The first-order valence-corrected chi connectivity index (χ1v) is 8.03. The maximum Gasteiger partial charge on any atom is 0.227 e. The quantitative estimate of drug-likeness (QED) is 0.749. The minimum atomic E-state index is -0.254. The Morgan fingerprint density at radius 1 is 1.36 bits per heavy atom. The van der Waals surface area contributed by atoms with E-state index in [1.165, 1.54) is 0 Å². The van der Waals surface area contributed by atoms with E-state index < -0.39 is 0 Å². The summed E-state index contributed by atoms with van der Waals surface area (Å²) >= 11 is 0.